The molecule has 0 spiro atoms. The zero-order chi connectivity index (χ0) is 11.2. The van der Waals surface area contributed by atoms with Crippen LogP contribution in [0.3, 0.4) is 0 Å². The molecule has 0 aromatic rings. The van der Waals surface area contributed by atoms with Gasteiger partial charge in [0.1, 0.15) is 0 Å². The number of nitrogens with zero attached hydrogens (tertiary/aromatic N) is 1. The summed E-state index contributed by atoms with van der Waals surface area (Å²) in [6.07, 6.45) is -4.51. The number of hydrogen-bond acceptors (Lipinski definition) is 3. The molecule has 0 amide bonds. The monoisotopic (exact) mass is 215 g/mol. The second-order valence-corrected chi connectivity index (χ2v) is 3.12. The maximum absolute atomic E-state index is 12.0. The fourth-order valence-corrected chi connectivity index (χ4v) is 1.07. The fraction of sp³-hybridized carbons (Fsp3) is 1.00. The van der Waals surface area contributed by atoms with Gasteiger partial charge in [0, 0.05) is 20.2 Å². The van der Waals surface area contributed by atoms with Crippen LogP contribution in [0.5, 0.6) is 0 Å². The molecule has 0 radical (unpaired) electrons. The highest BCUT2D eigenvalue weighted by Crippen LogP contribution is 2.16. The summed E-state index contributed by atoms with van der Waals surface area (Å²) in [7, 11) is 1.44. The van der Waals surface area contributed by atoms with Gasteiger partial charge < -0.3 is 9.84 Å². The molecule has 0 heterocycles. The van der Waals surface area contributed by atoms with Crippen LogP contribution in [-0.2, 0) is 4.74 Å². The Kier molecular flexibility index (Phi) is 6.06. The van der Waals surface area contributed by atoms with Crippen molar-refractivity contribution in [2.24, 2.45) is 0 Å². The number of hydrogen-bond donors (Lipinski definition) is 1. The van der Waals surface area contributed by atoms with Crippen molar-refractivity contribution in [2.75, 3.05) is 33.4 Å². The summed E-state index contributed by atoms with van der Waals surface area (Å²) in [5.41, 5.74) is 0. The van der Waals surface area contributed by atoms with Gasteiger partial charge in [-0.3, -0.25) is 4.90 Å². The van der Waals surface area contributed by atoms with Crippen molar-refractivity contribution in [3.63, 3.8) is 0 Å². The van der Waals surface area contributed by atoms with Gasteiger partial charge in [0.15, 0.2) is 0 Å². The van der Waals surface area contributed by atoms with Crippen LogP contribution in [0, 0.1) is 0 Å². The van der Waals surface area contributed by atoms with E-state index < -0.39 is 12.7 Å². The second-order valence-electron chi connectivity index (χ2n) is 3.12. The first-order valence-electron chi connectivity index (χ1n) is 4.31. The predicted octanol–water partition coefficient (Wildman–Crippen LogP) is 0.878. The Labute approximate surface area is 81.5 Å². The lowest BCUT2D eigenvalue weighted by Gasteiger charge is -2.25. The fourth-order valence-electron chi connectivity index (χ4n) is 1.07. The molecule has 0 aromatic carbocycles. The quantitative estimate of drug-likeness (QED) is 0.714. The highest BCUT2D eigenvalue weighted by atomic mass is 19.4. The Morgan fingerprint density at radius 3 is 2.36 bits per heavy atom. The minimum atomic E-state index is -4.23. The molecule has 3 nitrogen and oxygen atoms in total. The van der Waals surface area contributed by atoms with Crippen molar-refractivity contribution < 1.29 is 23.0 Å². The van der Waals surface area contributed by atoms with Crippen LogP contribution in [0.15, 0.2) is 0 Å². The van der Waals surface area contributed by atoms with E-state index in [2.05, 4.69) is 0 Å². The molecule has 0 rings (SSSR count). The second kappa shape index (κ2) is 6.21. The number of ether oxygens (including phenoxy) is 1. The van der Waals surface area contributed by atoms with Crippen molar-refractivity contribution >= 4 is 0 Å². The van der Waals surface area contributed by atoms with Gasteiger partial charge in [-0.25, -0.2) is 0 Å². The summed E-state index contributed by atoms with van der Waals surface area (Å²) < 4.78 is 40.9. The Hall–Kier alpha value is -0.330. The lowest BCUT2D eigenvalue weighted by Crippen LogP contribution is -2.40. The predicted molar refractivity (Wildman–Crippen MR) is 46.1 cm³/mol. The summed E-state index contributed by atoms with van der Waals surface area (Å²) in [4.78, 5) is 1.12. The Bertz CT molecular complexity index is 152. The topological polar surface area (TPSA) is 32.7 Å². The molecule has 1 unspecified atom stereocenters. The minimum absolute atomic E-state index is 0.00715. The minimum Gasteiger partial charge on any atom is -0.395 e. The summed E-state index contributed by atoms with van der Waals surface area (Å²) >= 11 is 0. The molecule has 14 heavy (non-hydrogen) atoms. The Morgan fingerprint density at radius 1 is 1.43 bits per heavy atom. The summed E-state index contributed by atoms with van der Waals surface area (Å²) in [5, 5.41) is 8.57. The number of aliphatic hydroxyl groups is 1. The van der Waals surface area contributed by atoms with Gasteiger partial charge in [0.05, 0.1) is 19.3 Å². The first-order valence-corrected chi connectivity index (χ1v) is 4.31. The number of methoxy groups -OCH3 is 1. The standard InChI is InChI=1S/C8H16F3NO2/c1-7(14-2)5-12(3-4-13)6-8(9,10)11/h7,13H,3-6H2,1-2H3. The van der Waals surface area contributed by atoms with E-state index in [0.29, 0.717) is 0 Å². The lowest BCUT2D eigenvalue weighted by molar-refractivity contribution is -0.149. The zero-order valence-electron chi connectivity index (χ0n) is 8.34. The third kappa shape index (κ3) is 7.11. The molecule has 0 aliphatic carbocycles. The highest BCUT2D eigenvalue weighted by Gasteiger charge is 2.30. The lowest BCUT2D eigenvalue weighted by atomic mass is 10.3. The summed E-state index contributed by atoms with van der Waals surface area (Å²) in [6, 6.07) is 0. The molecule has 1 atom stereocenters. The third-order valence-electron chi connectivity index (χ3n) is 1.74. The van der Waals surface area contributed by atoms with Gasteiger partial charge in [-0.2, -0.15) is 13.2 Å². The van der Waals surface area contributed by atoms with E-state index in [1.807, 2.05) is 0 Å². The highest BCUT2D eigenvalue weighted by molar-refractivity contribution is 4.66. The van der Waals surface area contributed by atoms with Crippen LogP contribution in [0.1, 0.15) is 6.92 Å². The molecule has 0 saturated heterocycles. The number of aliphatic hydroxyl groups excluding tert-OH is 1. The van der Waals surface area contributed by atoms with E-state index >= 15 is 0 Å². The van der Waals surface area contributed by atoms with Crippen molar-refractivity contribution in [3.8, 4) is 0 Å². The van der Waals surface area contributed by atoms with Crippen molar-refractivity contribution in [1.29, 1.82) is 0 Å². The number of halogens is 3. The van der Waals surface area contributed by atoms with Crippen LogP contribution < -0.4 is 0 Å². The maximum atomic E-state index is 12.0. The Balaban J connectivity index is 4.01. The van der Waals surface area contributed by atoms with E-state index in [4.69, 9.17) is 9.84 Å². The molecule has 86 valence electrons. The maximum Gasteiger partial charge on any atom is 0.401 e. The van der Waals surface area contributed by atoms with Gasteiger partial charge in [-0.05, 0) is 6.92 Å². The van der Waals surface area contributed by atoms with Crippen LogP contribution in [0.25, 0.3) is 0 Å². The SMILES string of the molecule is COC(C)CN(CCO)CC(F)(F)F. The van der Waals surface area contributed by atoms with E-state index in [1.54, 1.807) is 6.92 Å². The van der Waals surface area contributed by atoms with Gasteiger partial charge in [0.25, 0.3) is 0 Å². The number of rotatable bonds is 6. The van der Waals surface area contributed by atoms with Gasteiger partial charge in [-0.1, -0.05) is 0 Å². The van der Waals surface area contributed by atoms with Crippen LogP contribution in [0.2, 0.25) is 0 Å². The van der Waals surface area contributed by atoms with Gasteiger partial charge in [-0.15, -0.1) is 0 Å². The van der Waals surface area contributed by atoms with Crippen molar-refractivity contribution in [3.05, 3.63) is 0 Å². The van der Waals surface area contributed by atoms with E-state index in [9.17, 15) is 13.2 Å². The molecule has 1 N–H and O–H groups in total. The molecule has 0 aromatic heterocycles. The Morgan fingerprint density at radius 2 is 2.00 bits per heavy atom. The van der Waals surface area contributed by atoms with Crippen LogP contribution in [0.4, 0.5) is 13.2 Å². The van der Waals surface area contributed by atoms with Gasteiger partial charge in [0.2, 0.25) is 0 Å². The summed E-state index contributed by atoms with van der Waals surface area (Å²) in [5.74, 6) is 0. The van der Waals surface area contributed by atoms with Crippen molar-refractivity contribution in [2.45, 2.75) is 19.2 Å². The first kappa shape index (κ1) is 13.7. The molecular formula is C8H16F3NO2. The smallest absolute Gasteiger partial charge is 0.395 e. The zero-order valence-corrected chi connectivity index (χ0v) is 8.34. The van der Waals surface area contributed by atoms with Gasteiger partial charge >= 0.3 is 6.18 Å². The van der Waals surface area contributed by atoms with E-state index in [1.165, 1.54) is 7.11 Å². The molecule has 0 fully saturated rings. The van der Waals surface area contributed by atoms with E-state index in [0.717, 1.165) is 4.90 Å². The molecule has 0 saturated carbocycles. The molecule has 0 aliphatic heterocycles. The van der Waals surface area contributed by atoms with Crippen LogP contribution >= 0.6 is 0 Å². The van der Waals surface area contributed by atoms with Crippen LogP contribution in [-0.4, -0.2) is 55.6 Å². The molecule has 0 bridgehead atoms. The average molecular weight is 215 g/mol. The number of alkyl halides is 3. The molecule has 0 aliphatic rings. The first-order chi connectivity index (χ1) is 6.39. The van der Waals surface area contributed by atoms with Crippen molar-refractivity contribution in [1.82, 2.24) is 4.90 Å². The average Bonchev–Trinajstić information content (AvgIpc) is 2.01. The molecule has 6 heteroatoms. The summed E-state index contributed by atoms with van der Waals surface area (Å²) in [6.45, 7) is 0.554. The van der Waals surface area contributed by atoms with E-state index in [-0.39, 0.29) is 25.8 Å². The molecular weight excluding hydrogens is 199 g/mol. The third-order valence-corrected chi connectivity index (χ3v) is 1.74. The largest absolute Gasteiger partial charge is 0.401 e. The normalized spacial score (nSPS) is 14.8.